The van der Waals surface area contributed by atoms with Gasteiger partial charge >= 0.3 is 0 Å². The van der Waals surface area contributed by atoms with Crippen LogP contribution in [0.2, 0.25) is 0 Å². The molecule has 5 rings (SSSR count). The SMILES string of the molecule is O=C(N[C@@H](c1ccccn1)[C@@H]1CCCN(Cc2ccc3ncccc3c2)C1)c1cccs1. The zero-order valence-electron chi connectivity index (χ0n) is 17.9. The summed E-state index contributed by atoms with van der Waals surface area (Å²) in [7, 11) is 0. The van der Waals surface area contributed by atoms with E-state index in [1.54, 1.807) is 0 Å². The van der Waals surface area contributed by atoms with Crippen molar-refractivity contribution >= 4 is 28.1 Å². The van der Waals surface area contributed by atoms with Gasteiger partial charge in [-0.3, -0.25) is 19.7 Å². The zero-order valence-corrected chi connectivity index (χ0v) is 18.7. The third-order valence-electron chi connectivity index (χ3n) is 6.12. The summed E-state index contributed by atoms with van der Waals surface area (Å²) in [5, 5.41) is 6.40. The largest absolute Gasteiger partial charge is 0.343 e. The fraction of sp³-hybridized carbons (Fsp3) is 0.269. The van der Waals surface area contributed by atoms with Crippen molar-refractivity contribution < 1.29 is 4.79 Å². The summed E-state index contributed by atoms with van der Waals surface area (Å²) in [6, 6.07) is 20.2. The third kappa shape index (κ3) is 4.71. The lowest BCUT2D eigenvalue weighted by Gasteiger charge is -2.37. The number of nitrogens with zero attached hydrogens (tertiary/aromatic N) is 3. The minimum Gasteiger partial charge on any atom is -0.343 e. The third-order valence-corrected chi connectivity index (χ3v) is 6.99. The molecule has 4 heterocycles. The maximum atomic E-state index is 12.9. The van der Waals surface area contributed by atoms with Gasteiger partial charge in [-0.2, -0.15) is 0 Å². The summed E-state index contributed by atoms with van der Waals surface area (Å²) >= 11 is 1.47. The predicted molar refractivity (Wildman–Crippen MR) is 129 cm³/mol. The maximum Gasteiger partial charge on any atom is 0.261 e. The Hall–Kier alpha value is -3.09. The number of amides is 1. The monoisotopic (exact) mass is 442 g/mol. The van der Waals surface area contributed by atoms with Crippen molar-refractivity contribution in [3.05, 3.63) is 94.6 Å². The maximum absolute atomic E-state index is 12.9. The molecule has 2 atom stereocenters. The predicted octanol–water partition coefficient (Wildman–Crippen LogP) is 5.07. The van der Waals surface area contributed by atoms with E-state index in [2.05, 4.69) is 44.5 Å². The van der Waals surface area contributed by atoms with Crippen LogP contribution in [0.1, 0.15) is 39.8 Å². The number of hydrogen-bond donors (Lipinski definition) is 1. The number of hydrogen-bond acceptors (Lipinski definition) is 5. The Balaban J connectivity index is 1.34. The molecule has 0 saturated carbocycles. The van der Waals surface area contributed by atoms with Crippen LogP contribution < -0.4 is 5.32 Å². The number of thiophene rings is 1. The summed E-state index contributed by atoms with van der Waals surface area (Å²) in [4.78, 5) is 25.1. The highest BCUT2D eigenvalue weighted by Gasteiger charge is 2.31. The molecule has 0 spiro atoms. The van der Waals surface area contributed by atoms with E-state index in [9.17, 15) is 4.79 Å². The number of pyridine rings is 2. The Kier molecular flexibility index (Phi) is 6.23. The van der Waals surface area contributed by atoms with E-state index in [1.165, 1.54) is 22.3 Å². The number of piperidine rings is 1. The Bertz CT molecular complexity index is 1180. The van der Waals surface area contributed by atoms with Gasteiger partial charge in [0, 0.05) is 30.9 Å². The van der Waals surface area contributed by atoms with E-state index in [4.69, 9.17) is 0 Å². The van der Waals surface area contributed by atoms with Crippen LogP contribution in [0, 0.1) is 5.92 Å². The molecule has 0 bridgehead atoms. The molecule has 1 aliphatic rings. The van der Waals surface area contributed by atoms with Crippen LogP contribution in [0.4, 0.5) is 0 Å². The second-order valence-corrected chi connectivity index (χ2v) is 9.30. The van der Waals surface area contributed by atoms with E-state index in [1.807, 2.05) is 54.2 Å². The van der Waals surface area contributed by atoms with Crippen LogP contribution in [0.25, 0.3) is 10.9 Å². The van der Waals surface area contributed by atoms with Crippen LogP contribution >= 0.6 is 11.3 Å². The Morgan fingerprint density at radius 1 is 1.09 bits per heavy atom. The van der Waals surface area contributed by atoms with Gasteiger partial charge < -0.3 is 5.32 Å². The van der Waals surface area contributed by atoms with Crippen LogP contribution in [0.3, 0.4) is 0 Å². The van der Waals surface area contributed by atoms with E-state index in [0.29, 0.717) is 5.92 Å². The van der Waals surface area contributed by atoms with Crippen molar-refractivity contribution in [3.8, 4) is 0 Å². The summed E-state index contributed by atoms with van der Waals surface area (Å²) in [5.41, 5.74) is 3.25. The molecule has 1 saturated heterocycles. The molecule has 1 aliphatic heterocycles. The second kappa shape index (κ2) is 9.59. The smallest absolute Gasteiger partial charge is 0.261 e. The van der Waals surface area contributed by atoms with E-state index < -0.39 is 0 Å². The lowest BCUT2D eigenvalue weighted by atomic mass is 9.88. The molecule has 1 aromatic carbocycles. The second-order valence-electron chi connectivity index (χ2n) is 8.35. The highest BCUT2D eigenvalue weighted by atomic mass is 32.1. The van der Waals surface area contributed by atoms with Gasteiger partial charge in [-0.25, -0.2) is 0 Å². The zero-order chi connectivity index (χ0) is 21.8. The summed E-state index contributed by atoms with van der Waals surface area (Å²) in [6.45, 7) is 2.89. The minimum absolute atomic E-state index is 0.0187. The number of benzene rings is 1. The number of carbonyl (C=O) groups excluding carboxylic acids is 1. The topological polar surface area (TPSA) is 58.1 Å². The standard InChI is InChI=1S/C26H26N4OS/c31-26(24-9-5-15-32-24)29-25(23-8-1-2-12-28-23)21-7-4-14-30(18-21)17-19-10-11-22-20(16-19)6-3-13-27-22/h1-3,5-6,8-13,15-16,21,25H,4,7,14,17-18H2,(H,29,31)/t21-,25-/m1/s1. The molecule has 5 nitrogen and oxygen atoms in total. The van der Waals surface area contributed by atoms with Gasteiger partial charge in [0.2, 0.25) is 0 Å². The van der Waals surface area contributed by atoms with Crippen LogP contribution in [-0.4, -0.2) is 33.9 Å². The van der Waals surface area contributed by atoms with E-state index in [-0.39, 0.29) is 11.9 Å². The molecule has 162 valence electrons. The highest BCUT2D eigenvalue weighted by Crippen LogP contribution is 2.30. The number of fused-ring (bicyclic) bond motifs is 1. The Morgan fingerprint density at radius 2 is 2.03 bits per heavy atom. The first-order valence-corrected chi connectivity index (χ1v) is 12.0. The van der Waals surface area contributed by atoms with Crippen molar-refractivity contribution in [1.82, 2.24) is 20.2 Å². The van der Waals surface area contributed by atoms with E-state index in [0.717, 1.165) is 48.6 Å². The first-order valence-electron chi connectivity index (χ1n) is 11.1. The summed E-state index contributed by atoms with van der Waals surface area (Å²) in [5.74, 6) is 0.291. The van der Waals surface area contributed by atoms with Gasteiger partial charge in [-0.15, -0.1) is 11.3 Å². The average Bonchev–Trinajstić information content (AvgIpc) is 3.38. The fourth-order valence-electron chi connectivity index (χ4n) is 4.60. The Morgan fingerprint density at radius 3 is 2.88 bits per heavy atom. The number of carbonyl (C=O) groups is 1. The Labute approximate surface area is 192 Å². The van der Waals surface area contributed by atoms with Crippen LogP contribution in [0.5, 0.6) is 0 Å². The molecular weight excluding hydrogens is 416 g/mol. The van der Waals surface area contributed by atoms with Gasteiger partial charge in [-0.1, -0.05) is 24.3 Å². The van der Waals surface area contributed by atoms with Crippen molar-refractivity contribution in [2.24, 2.45) is 5.92 Å². The van der Waals surface area contributed by atoms with Gasteiger partial charge in [-0.05, 0) is 72.6 Å². The van der Waals surface area contributed by atoms with Gasteiger partial charge in [0.05, 0.1) is 22.1 Å². The molecule has 3 aromatic heterocycles. The molecule has 0 aliphatic carbocycles. The van der Waals surface area contributed by atoms with Crippen molar-refractivity contribution in [1.29, 1.82) is 0 Å². The van der Waals surface area contributed by atoms with Crippen molar-refractivity contribution in [2.45, 2.75) is 25.4 Å². The number of nitrogens with one attached hydrogen (secondary N) is 1. The average molecular weight is 443 g/mol. The van der Waals surface area contributed by atoms with Crippen LogP contribution in [0.15, 0.2) is 78.4 Å². The van der Waals surface area contributed by atoms with Crippen LogP contribution in [-0.2, 0) is 6.54 Å². The number of aromatic nitrogens is 2. The molecule has 1 amide bonds. The molecule has 6 heteroatoms. The minimum atomic E-state index is -0.102. The van der Waals surface area contributed by atoms with Gasteiger partial charge in [0.1, 0.15) is 0 Å². The molecule has 0 unspecified atom stereocenters. The molecule has 32 heavy (non-hydrogen) atoms. The van der Waals surface area contributed by atoms with Gasteiger partial charge in [0.15, 0.2) is 0 Å². The van der Waals surface area contributed by atoms with Crippen molar-refractivity contribution in [2.75, 3.05) is 13.1 Å². The molecule has 1 fully saturated rings. The molecule has 0 radical (unpaired) electrons. The summed E-state index contributed by atoms with van der Waals surface area (Å²) < 4.78 is 0. The number of rotatable bonds is 6. The quantitative estimate of drug-likeness (QED) is 0.453. The lowest BCUT2D eigenvalue weighted by molar-refractivity contribution is 0.0879. The molecular formula is C26H26N4OS. The molecule has 4 aromatic rings. The highest BCUT2D eigenvalue weighted by molar-refractivity contribution is 7.12. The number of likely N-dealkylation sites (tertiary alicyclic amines) is 1. The first kappa shape index (κ1) is 20.8. The normalized spacial score (nSPS) is 17.8. The molecule has 1 N–H and O–H groups in total. The van der Waals surface area contributed by atoms with Crippen molar-refractivity contribution in [3.63, 3.8) is 0 Å². The first-order chi connectivity index (χ1) is 15.8. The van der Waals surface area contributed by atoms with E-state index >= 15 is 0 Å². The lowest BCUT2D eigenvalue weighted by Crippen LogP contribution is -2.42. The summed E-state index contributed by atoms with van der Waals surface area (Å²) in [6.07, 6.45) is 5.82. The fourth-order valence-corrected chi connectivity index (χ4v) is 5.23. The van der Waals surface area contributed by atoms with Gasteiger partial charge in [0.25, 0.3) is 5.91 Å².